The summed E-state index contributed by atoms with van der Waals surface area (Å²) in [6.07, 6.45) is 5.70. The first kappa shape index (κ1) is 17.2. The summed E-state index contributed by atoms with van der Waals surface area (Å²) < 4.78 is 18.2. The number of benzene rings is 2. The topological polar surface area (TPSA) is 43.4 Å². The molecule has 0 amide bonds. The molecule has 0 spiro atoms. The van der Waals surface area contributed by atoms with E-state index in [9.17, 15) is 9.00 Å². The Morgan fingerprint density at radius 2 is 1.85 bits per heavy atom. The summed E-state index contributed by atoms with van der Waals surface area (Å²) in [7, 11) is -1.44. The number of hydrogen-bond acceptors (Lipinski definition) is 3. The van der Waals surface area contributed by atoms with Crippen LogP contribution in [0.5, 0.6) is 0 Å². The molecule has 0 aromatic heterocycles. The highest BCUT2D eigenvalue weighted by molar-refractivity contribution is 7.87. The van der Waals surface area contributed by atoms with Crippen molar-refractivity contribution in [2.45, 2.75) is 36.0 Å². The van der Waals surface area contributed by atoms with Crippen LogP contribution in [-0.2, 0) is 26.9 Å². The van der Waals surface area contributed by atoms with Gasteiger partial charge < -0.3 is 4.74 Å². The molecule has 0 saturated heterocycles. The van der Waals surface area contributed by atoms with Crippen molar-refractivity contribution in [2.75, 3.05) is 0 Å². The molecule has 1 unspecified atom stereocenters. The number of carbonyl (C=O) groups is 1. The van der Waals surface area contributed by atoms with Gasteiger partial charge in [-0.3, -0.25) is 9.00 Å². The zero-order valence-electron chi connectivity index (χ0n) is 14.8. The minimum Gasteiger partial charge on any atom is -0.460 e. The van der Waals surface area contributed by atoms with Gasteiger partial charge in [0, 0.05) is 10.8 Å². The third-order valence-electron chi connectivity index (χ3n) is 5.46. The second-order valence-electron chi connectivity index (χ2n) is 7.22. The molecule has 0 heterocycles. The molecule has 0 N–H and O–H groups in total. The summed E-state index contributed by atoms with van der Waals surface area (Å²) in [5.41, 5.74) is 2.05. The largest absolute Gasteiger partial charge is 0.460 e. The van der Waals surface area contributed by atoms with Crippen LogP contribution in [0.4, 0.5) is 0 Å². The normalized spacial score (nSPS) is 27.4. The number of carbonyl (C=O) groups excluding carboxylic acids is 1. The molecule has 26 heavy (non-hydrogen) atoms. The van der Waals surface area contributed by atoms with E-state index in [2.05, 4.69) is 12.2 Å². The molecule has 2 aliphatic rings. The predicted molar refractivity (Wildman–Crippen MR) is 102 cm³/mol. The van der Waals surface area contributed by atoms with Crippen molar-refractivity contribution in [2.24, 2.45) is 11.8 Å². The van der Waals surface area contributed by atoms with Crippen LogP contribution in [0.2, 0.25) is 0 Å². The number of hydrogen-bond donors (Lipinski definition) is 0. The second kappa shape index (κ2) is 6.84. The van der Waals surface area contributed by atoms with Gasteiger partial charge in [-0.25, -0.2) is 0 Å². The van der Waals surface area contributed by atoms with Crippen LogP contribution in [0.1, 0.15) is 24.0 Å². The van der Waals surface area contributed by atoms with E-state index in [1.807, 2.05) is 61.5 Å². The van der Waals surface area contributed by atoms with Gasteiger partial charge in [-0.05, 0) is 43.4 Å². The van der Waals surface area contributed by atoms with E-state index in [1.54, 1.807) is 0 Å². The summed E-state index contributed by atoms with van der Waals surface area (Å²) >= 11 is 0. The lowest BCUT2D eigenvalue weighted by molar-refractivity contribution is -0.148. The van der Waals surface area contributed by atoms with E-state index in [0.717, 1.165) is 17.5 Å². The van der Waals surface area contributed by atoms with Gasteiger partial charge in [-0.1, -0.05) is 60.2 Å². The third-order valence-corrected chi connectivity index (χ3v) is 7.46. The van der Waals surface area contributed by atoms with Crippen LogP contribution < -0.4 is 0 Å². The molecule has 2 bridgehead atoms. The van der Waals surface area contributed by atoms with E-state index in [-0.39, 0.29) is 18.5 Å². The average molecular weight is 366 g/mol. The van der Waals surface area contributed by atoms with Gasteiger partial charge in [0.15, 0.2) is 4.75 Å². The fourth-order valence-electron chi connectivity index (χ4n) is 4.05. The van der Waals surface area contributed by atoms with Crippen LogP contribution in [-0.4, -0.2) is 14.9 Å². The maximum atomic E-state index is 13.5. The maximum absolute atomic E-state index is 13.5. The molecular formula is C22H22O3S. The quantitative estimate of drug-likeness (QED) is 0.589. The molecule has 0 aliphatic heterocycles. The summed E-state index contributed by atoms with van der Waals surface area (Å²) in [5.74, 6) is -0.0336. The van der Waals surface area contributed by atoms with E-state index in [0.29, 0.717) is 17.2 Å². The number of rotatable bonds is 5. The lowest BCUT2D eigenvalue weighted by atomic mass is 9.92. The molecule has 4 rings (SSSR count). The van der Waals surface area contributed by atoms with Crippen molar-refractivity contribution in [1.29, 1.82) is 0 Å². The number of allylic oxidation sites excluding steroid dienone is 2. The molecule has 4 heteroatoms. The first-order chi connectivity index (χ1) is 12.6. The highest BCUT2D eigenvalue weighted by atomic mass is 32.2. The van der Waals surface area contributed by atoms with Crippen LogP contribution in [0, 0.1) is 18.8 Å². The van der Waals surface area contributed by atoms with Crippen LogP contribution in [0.15, 0.2) is 71.6 Å². The second-order valence-corrected chi connectivity index (χ2v) is 8.96. The summed E-state index contributed by atoms with van der Waals surface area (Å²) in [6.45, 7) is 2.21. The Morgan fingerprint density at radius 3 is 2.46 bits per heavy atom. The van der Waals surface area contributed by atoms with Crippen molar-refractivity contribution >= 4 is 16.8 Å². The van der Waals surface area contributed by atoms with Crippen molar-refractivity contribution < 1.29 is 13.7 Å². The van der Waals surface area contributed by atoms with E-state index < -0.39 is 15.5 Å². The molecule has 3 nitrogen and oxygen atoms in total. The van der Waals surface area contributed by atoms with Gasteiger partial charge in [0.2, 0.25) is 0 Å². The van der Waals surface area contributed by atoms with Crippen LogP contribution in [0.3, 0.4) is 0 Å². The Balaban J connectivity index is 1.62. The van der Waals surface area contributed by atoms with Crippen molar-refractivity contribution in [3.63, 3.8) is 0 Å². The fourth-order valence-corrected chi connectivity index (χ4v) is 5.88. The van der Waals surface area contributed by atoms with Gasteiger partial charge in [-0.2, -0.15) is 0 Å². The van der Waals surface area contributed by atoms with Crippen molar-refractivity contribution in [3.8, 4) is 0 Å². The van der Waals surface area contributed by atoms with Crippen LogP contribution in [0.25, 0.3) is 0 Å². The Kier molecular flexibility index (Phi) is 4.53. The van der Waals surface area contributed by atoms with Gasteiger partial charge in [0.05, 0.1) is 10.8 Å². The smallest absolute Gasteiger partial charge is 0.326 e. The Morgan fingerprint density at radius 1 is 1.12 bits per heavy atom. The number of fused-ring (bicyclic) bond motifs is 2. The predicted octanol–water partition coefficient (Wildman–Crippen LogP) is 4.18. The highest BCUT2D eigenvalue weighted by Gasteiger charge is 2.59. The molecule has 4 atom stereocenters. The van der Waals surface area contributed by atoms with Crippen LogP contribution >= 0.6 is 0 Å². The van der Waals surface area contributed by atoms with Crippen molar-refractivity contribution in [1.82, 2.24) is 0 Å². The lowest BCUT2D eigenvalue weighted by Gasteiger charge is -2.32. The molecule has 1 fully saturated rings. The number of esters is 1. The molecule has 2 aromatic rings. The zero-order chi connectivity index (χ0) is 18.1. The van der Waals surface area contributed by atoms with Crippen molar-refractivity contribution in [3.05, 3.63) is 77.9 Å². The fraction of sp³-hybridized carbons (Fsp3) is 0.318. The minimum atomic E-state index is -1.44. The summed E-state index contributed by atoms with van der Waals surface area (Å²) in [5, 5.41) is 0. The maximum Gasteiger partial charge on any atom is 0.326 e. The van der Waals surface area contributed by atoms with Gasteiger partial charge in [-0.15, -0.1) is 0 Å². The third kappa shape index (κ3) is 2.92. The Bertz CT molecular complexity index is 857. The molecule has 2 aromatic carbocycles. The summed E-state index contributed by atoms with van der Waals surface area (Å²) in [4.78, 5) is 13.9. The zero-order valence-corrected chi connectivity index (χ0v) is 15.6. The first-order valence-electron chi connectivity index (χ1n) is 8.97. The van der Waals surface area contributed by atoms with Gasteiger partial charge >= 0.3 is 5.97 Å². The first-order valence-corrected chi connectivity index (χ1v) is 10.1. The Hall–Kier alpha value is -2.20. The van der Waals surface area contributed by atoms with Gasteiger partial charge in [0.25, 0.3) is 0 Å². The minimum absolute atomic E-state index is 0.0158. The standard InChI is InChI=1S/C22H22O3S/c1-16-7-11-20(12-8-16)26(24)22(14-18-9-10-19(22)13-18)21(23)25-15-17-5-3-2-4-6-17/h2-12,18-19H,13-15H2,1H3/t18-,19+,22+,26?/m0/s1. The van der Waals surface area contributed by atoms with Gasteiger partial charge in [0.1, 0.15) is 6.61 Å². The number of ether oxygens (including phenoxy) is 1. The summed E-state index contributed by atoms with van der Waals surface area (Å²) in [6, 6.07) is 17.3. The molecular weight excluding hydrogens is 344 g/mol. The number of aryl methyl sites for hydroxylation is 1. The molecule has 0 radical (unpaired) electrons. The highest BCUT2D eigenvalue weighted by Crippen LogP contribution is 2.51. The Labute approximate surface area is 156 Å². The monoisotopic (exact) mass is 366 g/mol. The molecule has 2 aliphatic carbocycles. The van der Waals surface area contributed by atoms with E-state index >= 15 is 0 Å². The van der Waals surface area contributed by atoms with E-state index in [4.69, 9.17) is 4.74 Å². The van der Waals surface area contributed by atoms with E-state index in [1.165, 1.54) is 0 Å². The molecule has 1 saturated carbocycles. The molecule has 134 valence electrons. The SMILES string of the molecule is Cc1ccc(S(=O)[C@]2(C(=O)OCc3ccccc3)C[C@H]3C=C[C@@H]2C3)cc1. The lowest BCUT2D eigenvalue weighted by Crippen LogP contribution is -2.47. The average Bonchev–Trinajstić information content (AvgIpc) is 3.29.